The molecule has 1 aromatic carbocycles. The molecule has 1 saturated heterocycles. The molecule has 0 spiro atoms. The molecule has 1 aliphatic rings. The summed E-state index contributed by atoms with van der Waals surface area (Å²) in [6.45, 7) is 0.910. The van der Waals surface area contributed by atoms with Crippen LogP contribution in [0.15, 0.2) is 18.2 Å². The van der Waals surface area contributed by atoms with Gasteiger partial charge in [0.15, 0.2) is 0 Å². The number of nitrogens with zero attached hydrogens (tertiary/aromatic N) is 1. The Morgan fingerprint density at radius 1 is 1.35 bits per heavy atom. The van der Waals surface area contributed by atoms with Crippen molar-refractivity contribution in [2.24, 2.45) is 0 Å². The molecule has 1 heterocycles. The summed E-state index contributed by atoms with van der Waals surface area (Å²) >= 11 is 0. The third-order valence-corrected chi connectivity index (χ3v) is 4.89. The molecule has 2 rings (SSSR count). The second-order valence-electron chi connectivity index (χ2n) is 5.54. The maximum absolute atomic E-state index is 11.4. The number of rotatable bonds is 5. The zero-order chi connectivity index (χ0) is 14.5. The fourth-order valence-corrected chi connectivity index (χ4v) is 3.79. The number of benzene rings is 1. The third-order valence-electron chi connectivity index (χ3n) is 3.51. The standard InChI is InChI=1S/C15H24N2O2S/c1-17(2)11-12-4-5-15(19-3)14(10-12)16-13-6-8-20(18)9-7-13/h4-5,10,13,16H,6-9,11H2,1-3H3. The number of ether oxygens (including phenoxy) is 1. The number of methoxy groups -OCH3 is 1. The van der Waals surface area contributed by atoms with Gasteiger partial charge in [-0.2, -0.15) is 0 Å². The number of nitrogens with one attached hydrogen (secondary N) is 1. The van der Waals surface area contributed by atoms with Gasteiger partial charge >= 0.3 is 0 Å². The first kappa shape index (κ1) is 15.3. The minimum absolute atomic E-state index is 0.399. The largest absolute Gasteiger partial charge is 0.495 e. The molecule has 0 unspecified atom stereocenters. The molecular formula is C15H24N2O2S. The topological polar surface area (TPSA) is 41.6 Å². The maximum Gasteiger partial charge on any atom is 0.141 e. The van der Waals surface area contributed by atoms with Gasteiger partial charge in [-0.05, 0) is 44.6 Å². The van der Waals surface area contributed by atoms with E-state index in [0.29, 0.717) is 6.04 Å². The fraction of sp³-hybridized carbons (Fsp3) is 0.600. The summed E-state index contributed by atoms with van der Waals surface area (Å²) < 4.78 is 16.8. The van der Waals surface area contributed by atoms with Gasteiger partial charge in [0, 0.05) is 34.9 Å². The van der Waals surface area contributed by atoms with Crippen LogP contribution in [0, 0.1) is 0 Å². The molecule has 1 aromatic rings. The summed E-state index contributed by atoms with van der Waals surface area (Å²) in [6.07, 6.45) is 1.93. The highest BCUT2D eigenvalue weighted by Crippen LogP contribution is 2.28. The Bertz CT molecular complexity index is 467. The van der Waals surface area contributed by atoms with Crippen LogP contribution >= 0.6 is 0 Å². The Balaban J connectivity index is 2.09. The van der Waals surface area contributed by atoms with Gasteiger partial charge in [-0.25, -0.2) is 0 Å². The van der Waals surface area contributed by atoms with Crippen LogP contribution in [0.1, 0.15) is 18.4 Å². The Kier molecular flexibility index (Phi) is 5.43. The highest BCUT2D eigenvalue weighted by atomic mass is 32.2. The molecule has 0 bridgehead atoms. The molecule has 0 aromatic heterocycles. The van der Waals surface area contributed by atoms with Gasteiger partial charge in [0.1, 0.15) is 5.75 Å². The summed E-state index contributed by atoms with van der Waals surface area (Å²) in [5, 5.41) is 3.56. The average Bonchev–Trinajstić information content (AvgIpc) is 2.41. The third kappa shape index (κ3) is 4.21. The molecule has 1 aliphatic heterocycles. The van der Waals surface area contributed by atoms with Crippen molar-refractivity contribution in [2.75, 3.05) is 38.0 Å². The van der Waals surface area contributed by atoms with Crippen molar-refractivity contribution in [1.82, 2.24) is 4.90 Å². The number of hydrogen-bond acceptors (Lipinski definition) is 4. The Morgan fingerprint density at radius 3 is 2.65 bits per heavy atom. The lowest BCUT2D eigenvalue weighted by molar-refractivity contribution is 0.400. The van der Waals surface area contributed by atoms with Crippen molar-refractivity contribution in [3.05, 3.63) is 23.8 Å². The molecule has 0 saturated carbocycles. The summed E-state index contributed by atoms with van der Waals surface area (Å²) in [6, 6.07) is 6.67. The van der Waals surface area contributed by atoms with Crippen molar-refractivity contribution >= 4 is 16.5 Å². The lowest BCUT2D eigenvalue weighted by Gasteiger charge is -2.25. The van der Waals surface area contributed by atoms with Crippen LogP contribution in [0.4, 0.5) is 5.69 Å². The Labute approximate surface area is 124 Å². The Morgan fingerprint density at radius 2 is 2.05 bits per heavy atom. The van der Waals surface area contributed by atoms with E-state index in [2.05, 4.69) is 36.4 Å². The molecule has 1 fully saturated rings. The molecule has 112 valence electrons. The first-order valence-corrected chi connectivity index (χ1v) is 8.50. The van der Waals surface area contributed by atoms with Gasteiger partial charge in [0.05, 0.1) is 12.8 Å². The van der Waals surface area contributed by atoms with Crippen molar-refractivity contribution in [1.29, 1.82) is 0 Å². The van der Waals surface area contributed by atoms with Crippen LogP contribution in [-0.4, -0.2) is 47.9 Å². The monoisotopic (exact) mass is 296 g/mol. The van der Waals surface area contributed by atoms with E-state index in [1.54, 1.807) is 7.11 Å². The van der Waals surface area contributed by atoms with Crippen molar-refractivity contribution in [3.8, 4) is 5.75 Å². The van der Waals surface area contributed by atoms with E-state index >= 15 is 0 Å². The van der Waals surface area contributed by atoms with E-state index in [0.717, 1.165) is 42.3 Å². The van der Waals surface area contributed by atoms with Crippen LogP contribution in [0.25, 0.3) is 0 Å². The first-order valence-electron chi connectivity index (χ1n) is 7.01. The van der Waals surface area contributed by atoms with Crippen LogP contribution in [0.3, 0.4) is 0 Å². The molecule has 5 heteroatoms. The molecule has 0 aliphatic carbocycles. The zero-order valence-electron chi connectivity index (χ0n) is 12.5. The van der Waals surface area contributed by atoms with Crippen molar-refractivity contribution in [2.45, 2.75) is 25.4 Å². The predicted molar refractivity (Wildman–Crippen MR) is 84.9 cm³/mol. The summed E-state index contributed by atoms with van der Waals surface area (Å²) in [4.78, 5) is 2.15. The highest BCUT2D eigenvalue weighted by molar-refractivity contribution is 7.85. The van der Waals surface area contributed by atoms with Gasteiger partial charge in [0.25, 0.3) is 0 Å². The van der Waals surface area contributed by atoms with E-state index in [-0.39, 0.29) is 0 Å². The van der Waals surface area contributed by atoms with Gasteiger partial charge < -0.3 is 15.0 Å². The van der Waals surface area contributed by atoms with Gasteiger partial charge in [-0.15, -0.1) is 0 Å². The lowest BCUT2D eigenvalue weighted by atomic mass is 10.1. The molecule has 0 radical (unpaired) electrons. The SMILES string of the molecule is COc1ccc(CN(C)C)cc1NC1CCS(=O)CC1. The minimum atomic E-state index is -0.616. The van der Waals surface area contributed by atoms with Crippen LogP contribution < -0.4 is 10.1 Å². The van der Waals surface area contributed by atoms with Crippen molar-refractivity contribution < 1.29 is 8.95 Å². The zero-order valence-corrected chi connectivity index (χ0v) is 13.3. The molecule has 4 nitrogen and oxygen atoms in total. The smallest absolute Gasteiger partial charge is 0.141 e. The van der Waals surface area contributed by atoms with Crippen LogP contribution in [0.5, 0.6) is 5.75 Å². The van der Waals surface area contributed by atoms with Gasteiger partial charge in [0.2, 0.25) is 0 Å². The highest BCUT2D eigenvalue weighted by Gasteiger charge is 2.18. The Hall–Kier alpha value is -1.07. The van der Waals surface area contributed by atoms with Gasteiger partial charge in [-0.1, -0.05) is 6.07 Å². The molecule has 0 amide bonds. The molecular weight excluding hydrogens is 272 g/mol. The van der Waals surface area contributed by atoms with E-state index in [9.17, 15) is 4.21 Å². The normalized spacial score (nSPS) is 22.8. The van der Waals surface area contributed by atoms with E-state index in [1.807, 2.05) is 6.07 Å². The second kappa shape index (κ2) is 7.09. The summed E-state index contributed by atoms with van der Waals surface area (Å²) in [7, 11) is 5.21. The molecule has 0 atom stereocenters. The van der Waals surface area contributed by atoms with E-state index in [1.165, 1.54) is 5.56 Å². The van der Waals surface area contributed by atoms with Crippen LogP contribution in [-0.2, 0) is 17.3 Å². The minimum Gasteiger partial charge on any atom is -0.495 e. The molecule has 20 heavy (non-hydrogen) atoms. The summed E-state index contributed by atoms with van der Waals surface area (Å²) in [5.74, 6) is 2.48. The predicted octanol–water partition coefficient (Wildman–Crippen LogP) is 2.08. The quantitative estimate of drug-likeness (QED) is 0.903. The molecule has 1 N–H and O–H groups in total. The number of hydrogen-bond donors (Lipinski definition) is 1. The van der Waals surface area contributed by atoms with E-state index < -0.39 is 10.8 Å². The van der Waals surface area contributed by atoms with Gasteiger partial charge in [-0.3, -0.25) is 4.21 Å². The lowest BCUT2D eigenvalue weighted by Crippen LogP contribution is -2.29. The number of anilines is 1. The van der Waals surface area contributed by atoms with E-state index in [4.69, 9.17) is 4.74 Å². The maximum atomic E-state index is 11.4. The average molecular weight is 296 g/mol. The fourth-order valence-electron chi connectivity index (χ4n) is 2.49. The second-order valence-corrected chi connectivity index (χ2v) is 7.24. The summed E-state index contributed by atoms with van der Waals surface area (Å²) in [5.41, 5.74) is 2.31. The van der Waals surface area contributed by atoms with Crippen LogP contribution in [0.2, 0.25) is 0 Å². The first-order chi connectivity index (χ1) is 9.58. The van der Waals surface area contributed by atoms with Crippen molar-refractivity contribution in [3.63, 3.8) is 0 Å².